The maximum absolute atomic E-state index is 13.2. The molecule has 6 heteroatoms. The lowest BCUT2D eigenvalue weighted by Crippen LogP contribution is -2.46. The van der Waals surface area contributed by atoms with Gasteiger partial charge in [0.15, 0.2) is 0 Å². The second kappa shape index (κ2) is 46.6. The molecule has 3 N–H and O–H groups in total. The van der Waals surface area contributed by atoms with Crippen LogP contribution in [-0.4, -0.2) is 46.9 Å². The third-order valence-corrected chi connectivity index (χ3v) is 11.1. The Labute approximate surface area is 365 Å². The molecule has 3 unspecified atom stereocenters. The summed E-state index contributed by atoms with van der Waals surface area (Å²) >= 11 is 0. The van der Waals surface area contributed by atoms with Gasteiger partial charge in [-0.05, 0) is 83.5 Å². The summed E-state index contributed by atoms with van der Waals surface area (Å²) in [6.07, 6.45) is 57.1. The SMILES string of the molecule is CC/C=C/C/C=C/C/C=C/CCCCCCC(=O)OC(CCCCCCC/C=C/C/C=C/CC)CC(=O)NC(CO)C(O)CCCCCCCCCCCCCCCC. The molecule has 0 fully saturated rings. The predicted molar refractivity (Wildman–Crippen MR) is 255 cm³/mol. The van der Waals surface area contributed by atoms with E-state index in [0.717, 1.165) is 109 Å². The zero-order valence-corrected chi connectivity index (χ0v) is 38.9. The molecule has 0 aliphatic rings. The minimum absolute atomic E-state index is 0.0576. The van der Waals surface area contributed by atoms with Gasteiger partial charge in [-0.3, -0.25) is 9.59 Å². The Morgan fingerprint density at radius 1 is 0.508 bits per heavy atom. The molecule has 3 atom stereocenters. The van der Waals surface area contributed by atoms with Crippen molar-refractivity contribution in [2.24, 2.45) is 0 Å². The van der Waals surface area contributed by atoms with Crippen LogP contribution in [0.3, 0.4) is 0 Å². The number of carbonyl (C=O) groups is 2. The largest absolute Gasteiger partial charge is 0.462 e. The number of ether oxygens (including phenoxy) is 1. The Balaban J connectivity index is 4.60. The lowest BCUT2D eigenvalue weighted by Gasteiger charge is -2.24. The lowest BCUT2D eigenvalue weighted by atomic mass is 10.0. The number of aliphatic hydroxyl groups is 2. The smallest absolute Gasteiger partial charge is 0.306 e. The molecular weight excluding hydrogens is 731 g/mol. The first-order valence-corrected chi connectivity index (χ1v) is 25.0. The normalized spacial score (nSPS) is 13.8. The molecule has 0 rings (SSSR count). The van der Waals surface area contributed by atoms with Crippen LogP contribution in [0.25, 0.3) is 0 Å². The Hall–Kier alpha value is -2.44. The van der Waals surface area contributed by atoms with E-state index in [1.54, 1.807) is 0 Å². The zero-order valence-electron chi connectivity index (χ0n) is 38.9. The van der Waals surface area contributed by atoms with E-state index >= 15 is 0 Å². The summed E-state index contributed by atoms with van der Waals surface area (Å²) in [6, 6.07) is -0.711. The van der Waals surface area contributed by atoms with E-state index in [0.29, 0.717) is 19.3 Å². The van der Waals surface area contributed by atoms with E-state index in [4.69, 9.17) is 4.74 Å². The number of unbranched alkanes of at least 4 members (excludes halogenated alkanes) is 22. The molecule has 6 nitrogen and oxygen atoms in total. The highest BCUT2D eigenvalue weighted by Gasteiger charge is 2.24. The molecule has 0 aromatic heterocycles. The van der Waals surface area contributed by atoms with Gasteiger partial charge in [0.05, 0.1) is 25.2 Å². The third kappa shape index (κ3) is 42.1. The molecule has 0 aromatic carbocycles. The van der Waals surface area contributed by atoms with E-state index in [1.807, 2.05) is 0 Å². The molecule has 0 spiro atoms. The number of rotatable bonds is 44. The van der Waals surface area contributed by atoms with Crippen LogP contribution >= 0.6 is 0 Å². The Bertz CT molecular complexity index is 1060. The average molecular weight is 826 g/mol. The predicted octanol–water partition coefficient (Wildman–Crippen LogP) is 14.8. The Morgan fingerprint density at radius 2 is 0.915 bits per heavy atom. The van der Waals surface area contributed by atoms with Gasteiger partial charge in [0, 0.05) is 6.42 Å². The van der Waals surface area contributed by atoms with Crippen molar-refractivity contribution in [3.05, 3.63) is 60.8 Å². The highest BCUT2D eigenvalue weighted by Crippen LogP contribution is 2.17. The van der Waals surface area contributed by atoms with Crippen molar-refractivity contribution in [3.63, 3.8) is 0 Å². The molecular formula is C53H95NO5. The van der Waals surface area contributed by atoms with Crippen LogP contribution in [0.4, 0.5) is 0 Å². The summed E-state index contributed by atoms with van der Waals surface area (Å²) in [5.74, 6) is -0.514. The van der Waals surface area contributed by atoms with Crippen molar-refractivity contribution in [2.45, 2.75) is 257 Å². The molecule has 342 valence electrons. The minimum atomic E-state index is -0.796. The number of hydrogen-bond donors (Lipinski definition) is 3. The van der Waals surface area contributed by atoms with Crippen molar-refractivity contribution in [1.29, 1.82) is 0 Å². The standard InChI is InChI=1S/C53H95NO5/c1-4-7-10-13-16-19-22-25-27-30-33-36-39-42-45-51(56)50(48-55)54-52(57)47-49(44-41-38-35-32-29-24-21-18-15-12-9-6-3)59-53(58)46-43-40-37-34-31-28-26-23-20-17-14-11-8-5-2/h8-9,11-12,17-18,20-21,26,28,49-51,55-56H,4-7,10,13-16,19,22-25,27,29-48H2,1-3H3,(H,54,57)/b11-8+,12-9+,20-17+,21-18+,28-26+. The maximum atomic E-state index is 13.2. The molecule has 0 aromatic rings. The fourth-order valence-electron chi connectivity index (χ4n) is 7.36. The van der Waals surface area contributed by atoms with Crippen LogP contribution < -0.4 is 5.32 Å². The summed E-state index contributed by atoms with van der Waals surface area (Å²) < 4.78 is 5.91. The number of amides is 1. The Kier molecular flexibility index (Phi) is 44.7. The van der Waals surface area contributed by atoms with Gasteiger partial charge < -0.3 is 20.3 Å². The van der Waals surface area contributed by atoms with Crippen LogP contribution in [0.15, 0.2) is 60.8 Å². The van der Waals surface area contributed by atoms with Crippen molar-refractivity contribution >= 4 is 11.9 Å². The molecule has 0 heterocycles. The monoisotopic (exact) mass is 826 g/mol. The first-order chi connectivity index (χ1) is 29.0. The summed E-state index contributed by atoms with van der Waals surface area (Å²) in [4.78, 5) is 26.1. The number of nitrogens with one attached hydrogen (secondary N) is 1. The first kappa shape index (κ1) is 56.6. The van der Waals surface area contributed by atoms with Crippen LogP contribution in [0.5, 0.6) is 0 Å². The molecule has 0 saturated carbocycles. The fraction of sp³-hybridized carbons (Fsp3) is 0.774. The molecule has 1 amide bonds. The van der Waals surface area contributed by atoms with Gasteiger partial charge in [-0.2, -0.15) is 0 Å². The van der Waals surface area contributed by atoms with Crippen molar-refractivity contribution in [3.8, 4) is 0 Å². The van der Waals surface area contributed by atoms with E-state index in [1.165, 1.54) is 83.5 Å². The van der Waals surface area contributed by atoms with Crippen LogP contribution in [-0.2, 0) is 14.3 Å². The van der Waals surface area contributed by atoms with Gasteiger partial charge in [0.2, 0.25) is 5.91 Å². The molecule has 0 aliphatic carbocycles. The minimum Gasteiger partial charge on any atom is -0.462 e. The second-order valence-electron chi connectivity index (χ2n) is 16.8. The average Bonchev–Trinajstić information content (AvgIpc) is 3.23. The van der Waals surface area contributed by atoms with Crippen LogP contribution in [0, 0.1) is 0 Å². The quantitative estimate of drug-likeness (QED) is 0.0323. The highest BCUT2D eigenvalue weighted by molar-refractivity contribution is 5.77. The maximum Gasteiger partial charge on any atom is 0.306 e. The van der Waals surface area contributed by atoms with E-state index in [-0.39, 0.29) is 24.9 Å². The first-order valence-electron chi connectivity index (χ1n) is 25.0. The molecule has 59 heavy (non-hydrogen) atoms. The topological polar surface area (TPSA) is 95.9 Å². The Morgan fingerprint density at radius 3 is 1.39 bits per heavy atom. The van der Waals surface area contributed by atoms with Gasteiger partial charge in [-0.15, -0.1) is 0 Å². The van der Waals surface area contributed by atoms with Gasteiger partial charge in [0.25, 0.3) is 0 Å². The molecule has 0 radical (unpaired) electrons. The highest BCUT2D eigenvalue weighted by atomic mass is 16.5. The lowest BCUT2D eigenvalue weighted by molar-refractivity contribution is -0.151. The van der Waals surface area contributed by atoms with Gasteiger partial charge in [0.1, 0.15) is 6.10 Å². The molecule has 0 saturated heterocycles. The molecule has 0 aliphatic heterocycles. The second-order valence-corrected chi connectivity index (χ2v) is 16.8. The number of hydrogen-bond acceptors (Lipinski definition) is 5. The number of esters is 1. The summed E-state index contributed by atoms with van der Waals surface area (Å²) in [6.45, 7) is 6.25. The summed E-state index contributed by atoms with van der Waals surface area (Å²) in [5.41, 5.74) is 0. The summed E-state index contributed by atoms with van der Waals surface area (Å²) in [7, 11) is 0. The van der Waals surface area contributed by atoms with Gasteiger partial charge >= 0.3 is 5.97 Å². The van der Waals surface area contributed by atoms with Crippen molar-refractivity contribution in [1.82, 2.24) is 5.32 Å². The van der Waals surface area contributed by atoms with Crippen LogP contribution in [0.1, 0.15) is 239 Å². The fourth-order valence-corrected chi connectivity index (χ4v) is 7.36. The van der Waals surface area contributed by atoms with E-state index in [9.17, 15) is 19.8 Å². The third-order valence-electron chi connectivity index (χ3n) is 11.1. The van der Waals surface area contributed by atoms with E-state index < -0.39 is 18.2 Å². The number of allylic oxidation sites excluding steroid dienone is 10. The number of aliphatic hydroxyl groups excluding tert-OH is 2. The van der Waals surface area contributed by atoms with Gasteiger partial charge in [-0.25, -0.2) is 0 Å². The van der Waals surface area contributed by atoms with Crippen molar-refractivity contribution in [2.75, 3.05) is 6.61 Å². The van der Waals surface area contributed by atoms with E-state index in [2.05, 4.69) is 86.8 Å². The molecule has 0 bridgehead atoms. The number of carbonyl (C=O) groups excluding carboxylic acids is 2. The zero-order chi connectivity index (χ0) is 43.1. The van der Waals surface area contributed by atoms with Gasteiger partial charge in [-0.1, -0.05) is 204 Å². The van der Waals surface area contributed by atoms with Crippen molar-refractivity contribution < 1.29 is 24.5 Å². The van der Waals surface area contributed by atoms with Crippen LogP contribution in [0.2, 0.25) is 0 Å². The summed E-state index contributed by atoms with van der Waals surface area (Å²) in [5, 5.41) is 23.7.